The molecule has 0 saturated carbocycles. The van der Waals surface area contributed by atoms with Crippen LogP contribution in [0.3, 0.4) is 0 Å². The van der Waals surface area contributed by atoms with Crippen molar-refractivity contribution in [3.05, 3.63) is 17.7 Å². The van der Waals surface area contributed by atoms with Crippen LogP contribution in [0.5, 0.6) is 0 Å². The Balaban J connectivity index is 1.61. The van der Waals surface area contributed by atoms with Gasteiger partial charge in [0.1, 0.15) is 6.61 Å². The van der Waals surface area contributed by atoms with Crippen LogP contribution < -0.4 is 0 Å². The molecule has 0 unspecified atom stereocenters. The van der Waals surface area contributed by atoms with Crippen LogP contribution in [0.2, 0.25) is 0 Å². The van der Waals surface area contributed by atoms with Crippen LogP contribution in [0.1, 0.15) is 30.1 Å². The summed E-state index contributed by atoms with van der Waals surface area (Å²) in [5, 5.41) is 0. The molecular formula is C17H27N3O4. The van der Waals surface area contributed by atoms with Crippen LogP contribution in [-0.4, -0.2) is 67.0 Å². The van der Waals surface area contributed by atoms with Gasteiger partial charge in [0.25, 0.3) is 0 Å². The van der Waals surface area contributed by atoms with Crippen molar-refractivity contribution in [1.29, 1.82) is 0 Å². The molecule has 1 amide bonds. The van der Waals surface area contributed by atoms with E-state index in [4.69, 9.17) is 14.2 Å². The first-order valence-electron chi connectivity index (χ1n) is 8.61. The molecule has 3 heterocycles. The van der Waals surface area contributed by atoms with Gasteiger partial charge in [0, 0.05) is 52.1 Å². The predicted molar refractivity (Wildman–Crippen MR) is 87.6 cm³/mol. The van der Waals surface area contributed by atoms with Gasteiger partial charge >= 0.3 is 0 Å². The molecule has 134 valence electrons. The van der Waals surface area contributed by atoms with E-state index in [1.165, 1.54) is 5.69 Å². The Hall–Kier alpha value is -1.44. The van der Waals surface area contributed by atoms with Gasteiger partial charge in [-0.2, -0.15) is 0 Å². The van der Waals surface area contributed by atoms with E-state index in [0.29, 0.717) is 25.6 Å². The first-order valence-corrected chi connectivity index (χ1v) is 8.61. The maximum atomic E-state index is 12.2. The number of methoxy groups -OCH3 is 1. The third kappa shape index (κ3) is 3.96. The van der Waals surface area contributed by atoms with Crippen molar-refractivity contribution in [2.75, 3.05) is 46.7 Å². The Labute approximate surface area is 142 Å². The van der Waals surface area contributed by atoms with Crippen molar-refractivity contribution in [2.24, 2.45) is 13.0 Å². The van der Waals surface area contributed by atoms with Gasteiger partial charge in [-0.3, -0.25) is 4.79 Å². The minimum Gasteiger partial charge on any atom is -0.381 e. The second-order valence-electron chi connectivity index (χ2n) is 6.68. The smallest absolute Gasteiger partial charge is 0.248 e. The quantitative estimate of drug-likeness (QED) is 0.773. The summed E-state index contributed by atoms with van der Waals surface area (Å²) in [6.07, 6.45) is 3.96. The summed E-state index contributed by atoms with van der Waals surface area (Å²) < 4.78 is 18.4. The molecule has 3 rings (SSSR count). The molecule has 0 radical (unpaired) electrons. The molecule has 1 aromatic rings. The summed E-state index contributed by atoms with van der Waals surface area (Å²) >= 11 is 0. The molecule has 1 aromatic heterocycles. The van der Waals surface area contributed by atoms with Crippen molar-refractivity contribution in [3.8, 4) is 0 Å². The topological polar surface area (TPSA) is 65.8 Å². The molecule has 0 bridgehead atoms. The lowest BCUT2D eigenvalue weighted by Gasteiger charge is -2.33. The number of rotatable bonds is 6. The van der Waals surface area contributed by atoms with Gasteiger partial charge in [0.05, 0.1) is 25.2 Å². The molecule has 0 aliphatic carbocycles. The molecule has 7 heteroatoms. The Morgan fingerprint density at radius 2 is 2.17 bits per heavy atom. The number of hydrogen-bond donors (Lipinski definition) is 0. The van der Waals surface area contributed by atoms with Gasteiger partial charge < -0.3 is 23.7 Å². The van der Waals surface area contributed by atoms with Gasteiger partial charge in [-0.1, -0.05) is 0 Å². The first kappa shape index (κ1) is 17.4. The van der Waals surface area contributed by atoms with E-state index in [1.807, 2.05) is 18.3 Å². The number of carbonyl (C=O) groups excluding carboxylic acids is 1. The lowest BCUT2D eigenvalue weighted by molar-refractivity contribution is -0.136. The first-order chi connectivity index (χ1) is 11.7. The van der Waals surface area contributed by atoms with E-state index < -0.39 is 0 Å². The number of aryl methyl sites for hydroxylation is 1. The minimum absolute atomic E-state index is 0.00299. The molecule has 2 aliphatic rings. The highest BCUT2D eigenvalue weighted by atomic mass is 16.5. The monoisotopic (exact) mass is 337 g/mol. The van der Waals surface area contributed by atoms with E-state index in [1.54, 1.807) is 7.11 Å². The van der Waals surface area contributed by atoms with Crippen LogP contribution in [0, 0.1) is 5.92 Å². The molecule has 0 aromatic carbocycles. The van der Waals surface area contributed by atoms with Gasteiger partial charge in [-0.15, -0.1) is 0 Å². The SMILES string of the molecule is COCC(=O)N1Cc2ncn(C)c2[C@H](COCC2CCOCC2)C1. The summed E-state index contributed by atoms with van der Waals surface area (Å²) in [6.45, 7) is 4.36. The molecule has 1 fully saturated rings. The lowest BCUT2D eigenvalue weighted by atomic mass is 9.98. The molecule has 1 atom stereocenters. The van der Waals surface area contributed by atoms with Crippen LogP contribution in [0.15, 0.2) is 6.33 Å². The summed E-state index contributed by atoms with van der Waals surface area (Å²) in [5.41, 5.74) is 2.15. The molecule has 0 N–H and O–H groups in total. The summed E-state index contributed by atoms with van der Waals surface area (Å²) in [7, 11) is 3.55. The van der Waals surface area contributed by atoms with Crippen LogP contribution in [0.4, 0.5) is 0 Å². The van der Waals surface area contributed by atoms with Crippen molar-refractivity contribution >= 4 is 5.91 Å². The highest BCUT2D eigenvalue weighted by Crippen LogP contribution is 2.28. The fraction of sp³-hybridized carbons (Fsp3) is 0.765. The molecule has 7 nitrogen and oxygen atoms in total. The molecule has 2 aliphatic heterocycles. The minimum atomic E-state index is 0.00299. The average Bonchev–Trinajstić information content (AvgIpc) is 2.97. The van der Waals surface area contributed by atoms with Gasteiger partial charge in [0.15, 0.2) is 0 Å². The fourth-order valence-electron chi connectivity index (χ4n) is 3.56. The number of imidazole rings is 1. The average molecular weight is 337 g/mol. The standard InChI is InChI=1S/C17H27N3O4/c1-19-12-18-15-8-20(16(21)11-22-2)7-14(17(15)19)10-24-9-13-3-5-23-6-4-13/h12-14H,3-11H2,1-2H3/t14-/m0/s1. The zero-order valence-corrected chi connectivity index (χ0v) is 14.6. The maximum absolute atomic E-state index is 12.2. The normalized spacial score (nSPS) is 21.8. The Bertz CT molecular complexity index is 554. The molecular weight excluding hydrogens is 310 g/mol. The summed E-state index contributed by atoms with van der Waals surface area (Å²) in [4.78, 5) is 18.5. The number of hydrogen-bond acceptors (Lipinski definition) is 5. The van der Waals surface area contributed by atoms with Crippen molar-refractivity contribution < 1.29 is 19.0 Å². The molecule has 24 heavy (non-hydrogen) atoms. The Kier molecular flexibility index (Phi) is 5.86. The lowest BCUT2D eigenvalue weighted by Crippen LogP contribution is -2.41. The zero-order valence-electron chi connectivity index (χ0n) is 14.6. The van der Waals surface area contributed by atoms with Crippen molar-refractivity contribution in [2.45, 2.75) is 25.3 Å². The van der Waals surface area contributed by atoms with E-state index in [-0.39, 0.29) is 18.4 Å². The van der Waals surface area contributed by atoms with E-state index >= 15 is 0 Å². The summed E-state index contributed by atoms with van der Waals surface area (Å²) in [5.74, 6) is 0.740. The number of fused-ring (bicyclic) bond motifs is 1. The largest absolute Gasteiger partial charge is 0.381 e. The van der Waals surface area contributed by atoms with Crippen molar-refractivity contribution in [3.63, 3.8) is 0 Å². The Morgan fingerprint density at radius 1 is 1.38 bits per heavy atom. The third-order valence-corrected chi connectivity index (χ3v) is 4.86. The number of amides is 1. The second-order valence-corrected chi connectivity index (χ2v) is 6.68. The highest BCUT2D eigenvalue weighted by Gasteiger charge is 2.31. The number of ether oxygens (including phenoxy) is 3. The third-order valence-electron chi connectivity index (χ3n) is 4.86. The van der Waals surface area contributed by atoms with Gasteiger partial charge in [0.2, 0.25) is 5.91 Å². The fourth-order valence-corrected chi connectivity index (χ4v) is 3.56. The number of carbonyl (C=O) groups is 1. The summed E-state index contributed by atoms with van der Waals surface area (Å²) in [6, 6.07) is 0. The Morgan fingerprint density at radius 3 is 2.92 bits per heavy atom. The maximum Gasteiger partial charge on any atom is 0.248 e. The van der Waals surface area contributed by atoms with E-state index in [2.05, 4.69) is 9.55 Å². The van der Waals surface area contributed by atoms with Crippen LogP contribution in [0.25, 0.3) is 0 Å². The number of nitrogens with zero attached hydrogens (tertiary/aromatic N) is 3. The second kappa shape index (κ2) is 8.09. The zero-order chi connectivity index (χ0) is 16.9. The van der Waals surface area contributed by atoms with Crippen LogP contribution in [-0.2, 0) is 32.6 Å². The molecule has 0 spiro atoms. The predicted octanol–water partition coefficient (Wildman–Crippen LogP) is 0.935. The molecule has 1 saturated heterocycles. The van der Waals surface area contributed by atoms with E-state index in [0.717, 1.165) is 38.4 Å². The van der Waals surface area contributed by atoms with Crippen LogP contribution >= 0.6 is 0 Å². The highest BCUT2D eigenvalue weighted by molar-refractivity contribution is 5.77. The van der Waals surface area contributed by atoms with Gasteiger partial charge in [-0.05, 0) is 18.8 Å². The van der Waals surface area contributed by atoms with E-state index in [9.17, 15) is 4.79 Å². The van der Waals surface area contributed by atoms with Gasteiger partial charge in [-0.25, -0.2) is 4.98 Å². The van der Waals surface area contributed by atoms with Crippen molar-refractivity contribution in [1.82, 2.24) is 14.5 Å². The number of aromatic nitrogens is 2.